The first-order valence-electron chi connectivity index (χ1n) is 19.0. The first-order chi connectivity index (χ1) is 27.0. The molecule has 0 spiro atoms. The van der Waals surface area contributed by atoms with E-state index in [1.54, 1.807) is 0 Å². The first kappa shape index (κ1) is 32.7. The van der Waals surface area contributed by atoms with E-state index in [2.05, 4.69) is 202 Å². The van der Waals surface area contributed by atoms with Crippen molar-refractivity contribution in [2.24, 2.45) is 0 Å². The van der Waals surface area contributed by atoms with Gasteiger partial charge in [-0.3, -0.25) is 0 Å². The second-order valence-electron chi connectivity index (χ2n) is 15.0. The van der Waals surface area contributed by atoms with Crippen molar-refractivity contribution in [3.63, 3.8) is 0 Å². The van der Waals surface area contributed by atoms with Crippen molar-refractivity contribution in [1.29, 1.82) is 0 Å². The Morgan fingerprint density at radius 2 is 0.873 bits per heavy atom. The van der Waals surface area contributed by atoms with Crippen molar-refractivity contribution < 1.29 is 0 Å². The highest BCUT2D eigenvalue weighted by Gasteiger charge is 2.38. The third-order valence-electron chi connectivity index (χ3n) is 11.3. The Bertz CT molecular complexity index is 2750. The predicted octanol–water partition coefficient (Wildman–Crippen LogP) is 13.9. The average Bonchev–Trinajstić information content (AvgIpc) is 3.50. The lowest BCUT2D eigenvalue weighted by Gasteiger charge is -2.24. The molecule has 0 unspecified atom stereocenters. The highest BCUT2D eigenvalue weighted by molar-refractivity contribution is 6.05. The summed E-state index contributed by atoms with van der Waals surface area (Å²) in [6.07, 6.45) is 0. The summed E-state index contributed by atoms with van der Waals surface area (Å²) >= 11 is 0. The van der Waals surface area contributed by atoms with Gasteiger partial charge in [0.15, 0.2) is 5.82 Å². The first-order valence-corrected chi connectivity index (χ1v) is 19.0. The molecule has 0 atom stereocenters. The third-order valence-corrected chi connectivity index (χ3v) is 11.3. The third kappa shape index (κ3) is 5.75. The molecule has 260 valence electrons. The largest absolute Gasteiger partial charge is 0.228 e. The maximum absolute atomic E-state index is 5.27. The zero-order valence-electron chi connectivity index (χ0n) is 30.9. The van der Waals surface area contributed by atoms with Crippen LogP contribution in [0, 0.1) is 0 Å². The zero-order valence-corrected chi connectivity index (χ0v) is 30.9. The van der Waals surface area contributed by atoms with Crippen LogP contribution in [0.25, 0.3) is 89.2 Å². The molecule has 0 bridgehead atoms. The van der Waals surface area contributed by atoms with E-state index in [0.29, 0.717) is 5.82 Å². The minimum absolute atomic E-state index is 0.123. The van der Waals surface area contributed by atoms with Crippen LogP contribution in [0.1, 0.15) is 25.0 Å². The maximum atomic E-state index is 5.27. The molecule has 1 aliphatic carbocycles. The van der Waals surface area contributed by atoms with Crippen LogP contribution in [0.2, 0.25) is 0 Å². The minimum atomic E-state index is -0.123. The molecule has 1 aliphatic rings. The van der Waals surface area contributed by atoms with Crippen LogP contribution in [-0.2, 0) is 5.41 Å². The van der Waals surface area contributed by atoms with Gasteiger partial charge in [-0.1, -0.05) is 190 Å². The van der Waals surface area contributed by atoms with Crippen molar-refractivity contribution in [1.82, 2.24) is 9.97 Å². The van der Waals surface area contributed by atoms with E-state index in [1.165, 1.54) is 60.8 Å². The van der Waals surface area contributed by atoms with Crippen LogP contribution in [0.5, 0.6) is 0 Å². The smallest absolute Gasteiger partial charge is 0.160 e. The molecule has 0 aliphatic heterocycles. The Kier molecular flexibility index (Phi) is 7.85. The maximum Gasteiger partial charge on any atom is 0.160 e. The van der Waals surface area contributed by atoms with Gasteiger partial charge in [0.1, 0.15) is 0 Å². The zero-order chi connectivity index (χ0) is 36.9. The van der Waals surface area contributed by atoms with Gasteiger partial charge in [-0.2, -0.15) is 0 Å². The molecular formula is C53H38N2. The Balaban J connectivity index is 1.12. The number of hydrogen-bond donors (Lipinski definition) is 0. The highest BCUT2D eigenvalue weighted by Crippen LogP contribution is 2.55. The molecule has 1 aromatic heterocycles. The van der Waals surface area contributed by atoms with Crippen molar-refractivity contribution in [3.8, 4) is 78.4 Å². The summed E-state index contributed by atoms with van der Waals surface area (Å²) in [5.74, 6) is 0.701. The summed E-state index contributed by atoms with van der Waals surface area (Å²) in [4.78, 5) is 10.5. The van der Waals surface area contributed by atoms with Crippen molar-refractivity contribution in [3.05, 3.63) is 205 Å². The van der Waals surface area contributed by atoms with Crippen LogP contribution in [0.3, 0.4) is 0 Å². The van der Waals surface area contributed by atoms with E-state index in [4.69, 9.17) is 9.97 Å². The van der Waals surface area contributed by atoms with E-state index in [9.17, 15) is 0 Å². The highest BCUT2D eigenvalue weighted by atomic mass is 14.9. The molecule has 0 saturated carbocycles. The summed E-state index contributed by atoms with van der Waals surface area (Å²) in [5.41, 5.74) is 17.3. The molecule has 8 aromatic carbocycles. The van der Waals surface area contributed by atoms with Gasteiger partial charge < -0.3 is 0 Å². The van der Waals surface area contributed by atoms with E-state index < -0.39 is 0 Å². The molecule has 2 nitrogen and oxygen atoms in total. The Morgan fingerprint density at radius 1 is 0.364 bits per heavy atom. The number of benzene rings is 8. The molecular weight excluding hydrogens is 665 g/mol. The van der Waals surface area contributed by atoms with Gasteiger partial charge in [-0.05, 0) is 84.6 Å². The van der Waals surface area contributed by atoms with E-state index >= 15 is 0 Å². The number of fused-ring (bicyclic) bond motifs is 5. The SMILES string of the molecule is CC1(C)c2ccccc2-c2c(-c3cccc(-c4cc(-c5ccc(-c6ccccc6)cc5)nc(-c5ccc(-c6ccccc6)cc5)n4)c3)cc3ccccc3c21. The monoisotopic (exact) mass is 702 g/mol. The van der Waals surface area contributed by atoms with Crippen LogP contribution < -0.4 is 0 Å². The lowest BCUT2D eigenvalue weighted by Crippen LogP contribution is -2.15. The second-order valence-corrected chi connectivity index (χ2v) is 15.0. The Morgan fingerprint density at radius 3 is 1.56 bits per heavy atom. The fourth-order valence-electron chi connectivity index (χ4n) is 8.51. The van der Waals surface area contributed by atoms with Crippen LogP contribution in [-0.4, -0.2) is 9.97 Å². The fraction of sp³-hybridized carbons (Fsp3) is 0.0566. The number of nitrogens with zero attached hydrogens (tertiary/aromatic N) is 2. The van der Waals surface area contributed by atoms with Gasteiger partial charge in [-0.25, -0.2) is 9.97 Å². The summed E-state index contributed by atoms with van der Waals surface area (Å²) in [6, 6.07) is 69.5. The average molecular weight is 703 g/mol. The van der Waals surface area contributed by atoms with E-state index in [0.717, 1.165) is 33.6 Å². The standard InChI is InChI=1S/C53H38N2/c1-53(2)47-23-12-11-22-45(47)50-46(33-42-18-9-10-21-44(42)51(50)53)41-19-13-20-43(32-41)49-34-48(39-28-24-37(25-29-39)35-14-5-3-6-15-35)54-52(55-49)40-30-26-38(27-31-40)36-16-7-4-8-17-36/h3-34H,1-2H3. The molecule has 55 heavy (non-hydrogen) atoms. The molecule has 0 N–H and O–H groups in total. The van der Waals surface area contributed by atoms with Gasteiger partial charge >= 0.3 is 0 Å². The molecule has 0 saturated heterocycles. The lowest BCUT2D eigenvalue weighted by molar-refractivity contribution is 0.666. The lowest BCUT2D eigenvalue weighted by atomic mass is 9.79. The van der Waals surface area contributed by atoms with Crippen molar-refractivity contribution in [2.75, 3.05) is 0 Å². The topological polar surface area (TPSA) is 25.8 Å². The van der Waals surface area contributed by atoms with Crippen LogP contribution in [0.4, 0.5) is 0 Å². The van der Waals surface area contributed by atoms with Crippen molar-refractivity contribution >= 4 is 10.8 Å². The van der Waals surface area contributed by atoms with Gasteiger partial charge in [0.2, 0.25) is 0 Å². The molecule has 0 amide bonds. The number of rotatable bonds is 6. The molecule has 2 heteroatoms. The summed E-state index contributed by atoms with van der Waals surface area (Å²) in [6.45, 7) is 4.74. The minimum Gasteiger partial charge on any atom is -0.228 e. The summed E-state index contributed by atoms with van der Waals surface area (Å²) in [7, 11) is 0. The molecule has 9 aromatic rings. The van der Waals surface area contributed by atoms with E-state index in [-0.39, 0.29) is 5.41 Å². The quantitative estimate of drug-likeness (QED) is 0.172. The molecule has 0 fully saturated rings. The fourth-order valence-corrected chi connectivity index (χ4v) is 8.51. The summed E-state index contributed by atoms with van der Waals surface area (Å²) < 4.78 is 0. The Hall–Kier alpha value is -6.90. The van der Waals surface area contributed by atoms with Gasteiger partial charge in [-0.15, -0.1) is 0 Å². The Labute approximate surface area is 322 Å². The van der Waals surface area contributed by atoms with E-state index in [1.807, 2.05) is 6.07 Å². The van der Waals surface area contributed by atoms with Gasteiger partial charge in [0, 0.05) is 22.1 Å². The van der Waals surface area contributed by atoms with Gasteiger partial charge in [0.25, 0.3) is 0 Å². The number of hydrogen-bond acceptors (Lipinski definition) is 2. The van der Waals surface area contributed by atoms with Gasteiger partial charge in [0.05, 0.1) is 11.4 Å². The second kappa shape index (κ2) is 13.2. The van der Waals surface area contributed by atoms with Crippen LogP contribution in [0.15, 0.2) is 194 Å². The van der Waals surface area contributed by atoms with Crippen LogP contribution >= 0.6 is 0 Å². The number of aromatic nitrogens is 2. The molecule has 0 radical (unpaired) electrons. The predicted molar refractivity (Wildman–Crippen MR) is 230 cm³/mol. The normalized spacial score (nSPS) is 12.7. The van der Waals surface area contributed by atoms with Crippen molar-refractivity contribution in [2.45, 2.75) is 19.3 Å². The molecule has 10 rings (SSSR count). The molecule has 1 heterocycles. The summed E-state index contributed by atoms with van der Waals surface area (Å²) in [5, 5.41) is 2.58.